The van der Waals surface area contributed by atoms with Crippen molar-refractivity contribution < 1.29 is 18.8 Å². The van der Waals surface area contributed by atoms with E-state index in [9.17, 15) is 9.59 Å². The van der Waals surface area contributed by atoms with Crippen molar-refractivity contribution in [1.82, 2.24) is 9.97 Å². The van der Waals surface area contributed by atoms with Gasteiger partial charge >= 0.3 is 5.97 Å². The van der Waals surface area contributed by atoms with Crippen LogP contribution in [0.3, 0.4) is 0 Å². The number of ether oxygens (including phenoxy) is 1. The second-order valence-corrected chi connectivity index (χ2v) is 9.70. The van der Waals surface area contributed by atoms with E-state index in [2.05, 4.69) is 22.1 Å². The Kier molecular flexibility index (Phi) is 4.95. The minimum Gasteiger partial charge on any atom is -0.455 e. The van der Waals surface area contributed by atoms with Crippen LogP contribution in [0.25, 0.3) is 11.1 Å². The van der Waals surface area contributed by atoms with E-state index < -0.39 is 17.9 Å². The smallest absolute Gasteiger partial charge is 0.318 e. The van der Waals surface area contributed by atoms with E-state index >= 15 is 0 Å². The van der Waals surface area contributed by atoms with E-state index in [4.69, 9.17) is 10.5 Å². The van der Waals surface area contributed by atoms with Gasteiger partial charge in [-0.3, -0.25) is 19.6 Å². The topological polar surface area (TPSA) is 95.2 Å². The molecule has 1 aliphatic carbocycles. The number of hydrogen-bond acceptors (Lipinski definition) is 5. The monoisotopic (exact) mass is 455 g/mol. The second kappa shape index (κ2) is 8.02. The summed E-state index contributed by atoms with van der Waals surface area (Å²) in [5, 5.41) is 0. The number of esters is 1. The predicted octanol–water partition coefficient (Wildman–Crippen LogP) is 2.97. The fourth-order valence-electron chi connectivity index (χ4n) is 6.44. The Hall–Kier alpha value is -3.58. The molecule has 2 atom stereocenters. The van der Waals surface area contributed by atoms with Crippen LogP contribution in [0.15, 0.2) is 67.1 Å². The van der Waals surface area contributed by atoms with Gasteiger partial charge in [0.2, 0.25) is 6.04 Å². The van der Waals surface area contributed by atoms with Crippen molar-refractivity contribution in [3.63, 3.8) is 0 Å². The molecule has 4 heterocycles. The van der Waals surface area contributed by atoms with Crippen LogP contribution in [0.5, 0.6) is 0 Å². The molecule has 34 heavy (non-hydrogen) atoms. The molecule has 7 nitrogen and oxygen atoms in total. The van der Waals surface area contributed by atoms with Gasteiger partial charge < -0.3 is 15.0 Å². The van der Waals surface area contributed by atoms with E-state index in [1.54, 1.807) is 18.6 Å². The minimum atomic E-state index is -0.593. The lowest BCUT2D eigenvalue weighted by molar-refractivity contribution is -0.965. The quantitative estimate of drug-likeness (QED) is 0.471. The molecule has 7 heteroatoms. The minimum absolute atomic E-state index is 0.218. The van der Waals surface area contributed by atoms with Crippen molar-refractivity contribution in [1.29, 1.82) is 0 Å². The summed E-state index contributed by atoms with van der Waals surface area (Å²) in [4.78, 5) is 34.8. The molecule has 3 fully saturated rings. The first-order chi connectivity index (χ1) is 16.6. The standard InChI is InChI=1S/C27H26N4O3/c28-26(32)25(22-15-29-11-12-30-22)31-13-9-17(10-14-31)23(16-31)34-27(33)24-20-7-3-1-5-18(20)19-6-2-4-8-21(19)24/h1-8,11-12,15,17,23-25H,9-10,13-14,16H2,(H-,28,32)/p+1/t17?,23-,25?,31?/m0/s1. The molecule has 1 aromatic heterocycles. The molecule has 0 spiro atoms. The van der Waals surface area contributed by atoms with Crippen LogP contribution in [0.1, 0.15) is 41.6 Å². The van der Waals surface area contributed by atoms with Gasteiger partial charge in [0.15, 0.2) is 6.10 Å². The Labute approximate surface area is 198 Å². The molecule has 0 radical (unpaired) electrons. The number of amides is 1. The number of carbonyl (C=O) groups is 2. The number of carbonyl (C=O) groups excluding carboxylic acids is 2. The van der Waals surface area contributed by atoms with Crippen molar-refractivity contribution in [3.05, 3.63) is 83.9 Å². The molecule has 1 unspecified atom stereocenters. The number of piperidine rings is 3. The summed E-state index contributed by atoms with van der Waals surface area (Å²) in [5.41, 5.74) is 10.7. The lowest BCUT2D eigenvalue weighted by Crippen LogP contribution is -2.67. The van der Waals surface area contributed by atoms with Crippen LogP contribution in [-0.2, 0) is 14.3 Å². The van der Waals surface area contributed by atoms with Crippen LogP contribution < -0.4 is 5.73 Å². The summed E-state index contributed by atoms with van der Waals surface area (Å²) in [6.45, 7) is 2.20. The molecule has 1 amide bonds. The third-order valence-corrected chi connectivity index (χ3v) is 7.98. The van der Waals surface area contributed by atoms with Gasteiger partial charge in [-0.25, -0.2) is 0 Å². The molecule has 3 saturated heterocycles. The van der Waals surface area contributed by atoms with Gasteiger partial charge in [-0.2, -0.15) is 0 Å². The Morgan fingerprint density at radius 3 is 2.21 bits per heavy atom. The maximum absolute atomic E-state index is 13.7. The van der Waals surface area contributed by atoms with Crippen LogP contribution >= 0.6 is 0 Å². The average Bonchev–Trinajstić information content (AvgIpc) is 3.20. The van der Waals surface area contributed by atoms with Gasteiger partial charge in [-0.05, 0) is 22.3 Å². The van der Waals surface area contributed by atoms with Crippen LogP contribution in [0.4, 0.5) is 0 Å². The summed E-state index contributed by atoms with van der Waals surface area (Å²) in [6.07, 6.45) is 6.32. The molecule has 2 N–H and O–H groups in total. The van der Waals surface area contributed by atoms with Crippen LogP contribution in [0, 0.1) is 5.92 Å². The first kappa shape index (κ1) is 21.0. The SMILES string of the molecule is NC(=O)C(c1cnccn1)[N+]12CCC(CC1)[C@@H](OC(=O)C1c3ccccc3-c3ccccc31)C2. The van der Waals surface area contributed by atoms with E-state index in [1.807, 2.05) is 36.4 Å². The highest BCUT2D eigenvalue weighted by Crippen LogP contribution is 2.47. The van der Waals surface area contributed by atoms with E-state index in [-0.39, 0.29) is 12.1 Å². The highest BCUT2D eigenvalue weighted by atomic mass is 16.5. The molecule has 3 aliphatic heterocycles. The molecule has 2 aromatic carbocycles. The molecule has 7 rings (SSSR count). The number of benzene rings is 2. The third kappa shape index (κ3) is 3.22. The van der Waals surface area contributed by atoms with Gasteiger partial charge in [-0.1, -0.05) is 48.5 Å². The van der Waals surface area contributed by atoms with Gasteiger partial charge in [-0.15, -0.1) is 0 Å². The molecular formula is C27H27N4O3+. The van der Waals surface area contributed by atoms with Crippen LogP contribution in [-0.4, -0.2) is 52.1 Å². The van der Waals surface area contributed by atoms with Crippen molar-refractivity contribution in [2.24, 2.45) is 11.7 Å². The number of hydrogen-bond donors (Lipinski definition) is 1. The fourth-order valence-corrected chi connectivity index (χ4v) is 6.44. The maximum atomic E-state index is 13.7. The van der Waals surface area contributed by atoms with Gasteiger partial charge in [0.25, 0.3) is 5.91 Å². The largest absolute Gasteiger partial charge is 0.455 e. The predicted molar refractivity (Wildman–Crippen MR) is 125 cm³/mol. The number of fused-ring (bicyclic) bond motifs is 6. The van der Waals surface area contributed by atoms with E-state index in [1.165, 1.54) is 0 Å². The summed E-state index contributed by atoms with van der Waals surface area (Å²) < 4.78 is 6.74. The lowest BCUT2D eigenvalue weighted by Gasteiger charge is -2.54. The first-order valence-electron chi connectivity index (χ1n) is 11.9. The molecular weight excluding hydrogens is 428 g/mol. The van der Waals surface area contributed by atoms with Crippen molar-refractivity contribution >= 4 is 11.9 Å². The number of nitrogens with zero attached hydrogens (tertiary/aromatic N) is 3. The number of primary amides is 1. The Morgan fingerprint density at radius 2 is 1.62 bits per heavy atom. The molecule has 172 valence electrons. The summed E-state index contributed by atoms with van der Waals surface area (Å²) >= 11 is 0. The van der Waals surface area contributed by atoms with Gasteiger partial charge in [0, 0.05) is 31.2 Å². The second-order valence-electron chi connectivity index (χ2n) is 9.70. The Balaban J connectivity index is 1.29. The summed E-state index contributed by atoms with van der Waals surface area (Å²) in [5.74, 6) is -0.761. The summed E-state index contributed by atoms with van der Waals surface area (Å²) in [6, 6.07) is 15.5. The van der Waals surface area contributed by atoms with Crippen molar-refractivity contribution in [2.75, 3.05) is 19.6 Å². The third-order valence-electron chi connectivity index (χ3n) is 7.98. The highest BCUT2D eigenvalue weighted by molar-refractivity contribution is 5.93. The Morgan fingerprint density at radius 1 is 0.971 bits per heavy atom. The highest BCUT2D eigenvalue weighted by Gasteiger charge is 2.54. The number of rotatable bonds is 5. The molecule has 3 aromatic rings. The zero-order chi connectivity index (χ0) is 23.3. The normalized spacial score (nSPS) is 25.9. The average molecular weight is 456 g/mol. The maximum Gasteiger partial charge on any atom is 0.318 e. The van der Waals surface area contributed by atoms with E-state index in [0.29, 0.717) is 22.6 Å². The Bertz CT molecular complexity index is 1210. The van der Waals surface area contributed by atoms with Crippen molar-refractivity contribution in [2.45, 2.75) is 30.9 Å². The zero-order valence-electron chi connectivity index (χ0n) is 18.8. The fraction of sp³-hybridized carbons (Fsp3) is 0.333. The summed E-state index contributed by atoms with van der Waals surface area (Å²) in [7, 11) is 0. The number of nitrogens with two attached hydrogens (primary N) is 1. The van der Waals surface area contributed by atoms with Crippen molar-refractivity contribution in [3.8, 4) is 11.1 Å². The number of quaternary nitrogens is 1. The van der Waals surface area contributed by atoms with Gasteiger partial charge in [0.05, 0.1) is 19.3 Å². The molecule has 0 saturated carbocycles. The van der Waals surface area contributed by atoms with E-state index in [0.717, 1.165) is 48.2 Å². The molecule has 2 bridgehead atoms. The number of aromatic nitrogens is 2. The molecule has 4 aliphatic rings. The zero-order valence-corrected chi connectivity index (χ0v) is 18.8. The van der Waals surface area contributed by atoms with Crippen LogP contribution in [0.2, 0.25) is 0 Å². The lowest BCUT2D eigenvalue weighted by atomic mass is 9.81. The van der Waals surface area contributed by atoms with Gasteiger partial charge in [0.1, 0.15) is 18.2 Å². The first-order valence-corrected chi connectivity index (χ1v) is 11.9.